The molecule has 0 radical (unpaired) electrons. The third-order valence-corrected chi connectivity index (χ3v) is 4.92. The minimum atomic E-state index is 0.385. The summed E-state index contributed by atoms with van der Waals surface area (Å²) >= 11 is 0. The third-order valence-electron chi connectivity index (χ3n) is 4.92. The average Bonchev–Trinajstić information content (AvgIpc) is 2.64. The second-order valence-corrected chi connectivity index (χ2v) is 6.84. The quantitative estimate of drug-likeness (QED) is 0.794. The Morgan fingerprint density at radius 2 is 1.56 bits per heavy atom. The summed E-state index contributed by atoms with van der Waals surface area (Å²) in [7, 11) is 6.11. The summed E-state index contributed by atoms with van der Waals surface area (Å²) in [6.45, 7) is 2.29. The molecule has 0 heterocycles. The van der Waals surface area contributed by atoms with E-state index in [4.69, 9.17) is 0 Å². The second-order valence-electron chi connectivity index (χ2n) is 6.84. The fourth-order valence-electron chi connectivity index (χ4n) is 3.38. The van der Waals surface area contributed by atoms with Crippen molar-refractivity contribution in [1.29, 1.82) is 0 Å². The summed E-state index contributed by atoms with van der Waals surface area (Å²) in [6, 6.07) is 8.74. The largest absolute Gasteiger partial charge is 0.388 e. The first kappa shape index (κ1) is 17.2. The number of rotatable bonds is 3. The maximum Gasteiger partial charge on any atom is 0.199 e. The molecule has 1 aromatic rings. The van der Waals surface area contributed by atoms with Crippen molar-refractivity contribution < 1.29 is 4.58 Å². The van der Waals surface area contributed by atoms with Gasteiger partial charge in [-0.15, -0.1) is 0 Å². The van der Waals surface area contributed by atoms with Crippen LogP contribution in [0.1, 0.15) is 12.5 Å². The van der Waals surface area contributed by atoms with Gasteiger partial charge in [0.2, 0.25) is 0 Å². The topological polar surface area (TPSA) is 15.0 Å². The SMILES string of the molecule is CNc1ccc(C(=C2C=CC(=[N+](C)C)C=C2)C2C=CC=CC2C)cc1. The Bertz CT molecular complexity index is 792. The molecule has 0 bridgehead atoms. The van der Waals surface area contributed by atoms with Crippen LogP contribution in [0.2, 0.25) is 0 Å². The molecule has 0 amide bonds. The molecule has 0 saturated heterocycles. The molecule has 2 heteroatoms. The summed E-state index contributed by atoms with van der Waals surface area (Å²) in [5, 5.41) is 3.20. The Hall–Kier alpha value is -2.61. The first-order valence-corrected chi connectivity index (χ1v) is 8.88. The third kappa shape index (κ3) is 3.74. The summed E-state index contributed by atoms with van der Waals surface area (Å²) in [4.78, 5) is 0. The van der Waals surface area contributed by atoms with Gasteiger partial charge in [-0.25, -0.2) is 4.58 Å². The zero-order valence-electron chi connectivity index (χ0n) is 15.5. The number of hydrogen-bond donors (Lipinski definition) is 1. The van der Waals surface area contributed by atoms with Crippen LogP contribution >= 0.6 is 0 Å². The first-order chi connectivity index (χ1) is 12.1. The van der Waals surface area contributed by atoms with E-state index in [9.17, 15) is 0 Å². The molecule has 0 aromatic heterocycles. The molecule has 1 aromatic carbocycles. The lowest BCUT2D eigenvalue weighted by Crippen LogP contribution is -2.14. The van der Waals surface area contributed by atoms with Crippen LogP contribution in [0.25, 0.3) is 5.57 Å². The molecule has 2 unspecified atom stereocenters. The standard InChI is InChI=1S/C23H26N2/c1-17-7-5-6-8-22(17)23(18-9-13-20(24-2)14-10-18)19-11-15-21(16-12-19)25(3)4/h5-17,22H,1-4H3/p+1. The fraction of sp³-hybridized carbons (Fsp3) is 0.261. The average molecular weight is 331 g/mol. The highest BCUT2D eigenvalue weighted by molar-refractivity contribution is 6.03. The van der Waals surface area contributed by atoms with E-state index in [2.05, 4.69) is 104 Å². The number of hydrogen-bond acceptors (Lipinski definition) is 1. The van der Waals surface area contributed by atoms with Crippen LogP contribution in [0.4, 0.5) is 5.69 Å². The molecule has 0 spiro atoms. The predicted molar refractivity (Wildman–Crippen MR) is 109 cm³/mol. The van der Waals surface area contributed by atoms with Crippen molar-refractivity contribution in [2.45, 2.75) is 6.92 Å². The number of nitrogens with zero attached hydrogens (tertiary/aromatic N) is 1. The molecule has 0 saturated carbocycles. The van der Waals surface area contributed by atoms with E-state index in [-0.39, 0.29) is 0 Å². The molecular formula is C23H27N2+. The van der Waals surface area contributed by atoms with Crippen LogP contribution in [0.5, 0.6) is 0 Å². The highest BCUT2D eigenvalue weighted by atomic mass is 14.9. The molecule has 1 N–H and O–H groups in total. The number of anilines is 1. The van der Waals surface area contributed by atoms with Crippen molar-refractivity contribution in [3.8, 4) is 0 Å². The molecule has 2 aliphatic carbocycles. The van der Waals surface area contributed by atoms with E-state index in [0.717, 1.165) is 5.69 Å². The zero-order chi connectivity index (χ0) is 17.8. The van der Waals surface area contributed by atoms with E-state index in [1.807, 2.05) is 7.05 Å². The van der Waals surface area contributed by atoms with Crippen LogP contribution in [-0.4, -0.2) is 31.4 Å². The molecule has 128 valence electrons. The minimum Gasteiger partial charge on any atom is -0.388 e. The monoisotopic (exact) mass is 331 g/mol. The van der Waals surface area contributed by atoms with Crippen molar-refractivity contribution in [3.63, 3.8) is 0 Å². The van der Waals surface area contributed by atoms with Crippen LogP contribution < -0.4 is 5.32 Å². The molecule has 3 rings (SSSR count). The van der Waals surface area contributed by atoms with Crippen molar-refractivity contribution in [2.24, 2.45) is 11.8 Å². The van der Waals surface area contributed by atoms with Gasteiger partial charge in [0, 0.05) is 30.8 Å². The van der Waals surface area contributed by atoms with Crippen LogP contribution in [-0.2, 0) is 0 Å². The van der Waals surface area contributed by atoms with Crippen molar-refractivity contribution >= 4 is 17.0 Å². The van der Waals surface area contributed by atoms with Gasteiger partial charge in [0.25, 0.3) is 0 Å². The van der Waals surface area contributed by atoms with E-state index < -0.39 is 0 Å². The smallest absolute Gasteiger partial charge is 0.199 e. The van der Waals surface area contributed by atoms with Gasteiger partial charge in [0.1, 0.15) is 14.1 Å². The molecular weight excluding hydrogens is 304 g/mol. The van der Waals surface area contributed by atoms with Gasteiger partial charge in [-0.3, -0.25) is 0 Å². The van der Waals surface area contributed by atoms with Gasteiger partial charge in [0.15, 0.2) is 5.71 Å². The normalized spacial score (nSPS) is 21.6. The van der Waals surface area contributed by atoms with Gasteiger partial charge < -0.3 is 5.32 Å². The Labute approximate surface area is 151 Å². The second kappa shape index (κ2) is 7.52. The summed E-state index contributed by atoms with van der Waals surface area (Å²) in [5.41, 5.74) is 6.33. The van der Waals surface area contributed by atoms with Crippen LogP contribution in [0.15, 0.2) is 78.4 Å². The van der Waals surface area contributed by atoms with Crippen molar-refractivity contribution in [2.75, 3.05) is 26.5 Å². The lowest BCUT2D eigenvalue weighted by Gasteiger charge is -2.26. The van der Waals surface area contributed by atoms with Gasteiger partial charge in [-0.05, 0) is 46.9 Å². The molecule has 25 heavy (non-hydrogen) atoms. The summed E-state index contributed by atoms with van der Waals surface area (Å²) in [5.74, 6) is 0.869. The van der Waals surface area contributed by atoms with Gasteiger partial charge >= 0.3 is 0 Å². The molecule has 0 fully saturated rings. The lowest BCUT2D eigenvalue weighted by atomic mass is 9.78. The predicted octanol–water partition coefficient (Wildman–Crippen LogP) is 4.70. The Morgan fingerprint density at radius 3 is 2.12 bits per heavy atom. The first-order valence-electron chi connectivity index (χ1n) is 8.88. The highest BCUT2D eigenvalue weighted by Gasteiger charge is 2.23. The van der Waals surface area contributed by atoms with Gasteiger partial charge in [-0.2, -0.15) is 0 Å². The van der Waals surface area contributed by atoms with E-state index >= 15 is 0 Å². The zero-order valence-corrected chi connectivity index (χ0v) is 15.5. The maximum atomic E-state index is 3.20. The number of benzene rings is 1. The van der Waals surface area contributed by atoms with Crippen molar-refractivity contribution in [3.05, 3.63) is 84.0 Å². The van der Waals surface area contributed by atoms with Gasteiger partial charge in [0.05, 0.1) is 0 Å². The summed E-state index contributed by atoms with van der Waals surface area (Å²) < 4.78 is 2.14. The van der Waals surface area contributed by atoms with E-state index in [0.29, 0.717) is 11.8 Å². The van der Waals surface area contributed by atoms with Gasteiger partial charge in [-0.1, -0.05) is 43.4 Å². The number of nitrogens with one attached hydrogen (secondary N) is 1. The number of allylic oxidation sites excluding steroid dienone is 10. The fourth-order valence-corrected chi connectivity index (χ4v) is 3.38. The molecule has 2 nitrogen and oxygen atoms in total. The minimum absolute atomic E-state index is 0.385. The van der Waals surface area contributed by atoms with Crippen LogP contribution in [0.3, 0.4) is 0 Å². The maximum absolute atomic E-state index is 3.20. The Kier molecular flexibility index (Phi) is 5.18. The van der Waals surface area contributed by atoms with E-state index in [1.54, 1.807) is 0 Å². The molecule has 2 aliphatic rings. The van der Waals surface area contributed by atoms with Crippen LogP contribution in [0, 0.1) is 11.8 Å². The summed E-state index contributed by atoms with van der Waals surface area (Å²) in [6.07, 6.45) is 17.8. The Balaban J connectivity index is 2.10. The lowest BCUT2D eigenvalue weighted by molar-refractivity contribution is -0.462. The Morgan fingerprint density at radius 1 is 0.920 bits per heavy atom. The molecule has 2 atom stereocenters. The van der Waals surface area contributed by atoms with Crippen molar-refractivity contribution in [1.82, 2.24) is 0 Å². The van der Waals surface area contributed by atoms with E-state index in [1.165, 1.54) is 22.4 Å². The molecule has 0 aliphatic heterocycles. The highest BCUT2D eigenvalue weighted by Crippen LogP contribution is 2.37.